The number of carbonyl (C=O) groups excluding carboxylic acids is 2. The second-order valence-corrected chi connectivity index (χ2v) is 9.76. The summed E-state index contributed by atoms with van der Waals surface area (Å²) in [6.07, 6.45) is 2.62. The van der Waals surface area contributed by atoms with E-state index in [1.807, 2.05) is 24.3 Å². The molecular weight excluding hydrogens is 516 g/mol. The molecule has 8 heteroatoms. The molecule has 41 heavy (non-hydrogen) atoms. The number of carbonyl (C=O) groups is 2. The molecule has 8 nitrogen and oxygen atoms in total. The lowest BCUT2D eigenvalue weighted by atomic mass is 9.99. The number of nitrogens with zero attached hydrogens (tertiary/aromatic N) is 2. The number of methoxy groups -OCH3 is 1. The van der Waals surface area contributed by atoms with Crippen LogP contribution in [0.25, 0.3) is 0 Å². The van der Waals surface area contributed by atoms with E-state index in [1.165, 1.54) is 16.7 Å². The van der Waals surface area contributed by atoms with Crippen molar-refractivity contribution in [2.75, 3.05) is 25.6 Å². The highest BCUT2D eigenvalue weighted by Gasteiger charge is 2.16. The van der Waals surface area contributed by atoms with Crippen molar-refractivity contribution in [1.29, 1.82) is 0 Å². The molecule has 4 aromatic carbocycles. The summed E-state index contributed by atoms with van der Waals surface area (Å²) in [4.78, 5) is 27.1. The monoisotopic (exact) mass is 548 g/mol. The van der Waals surface area contributed by atoms with Crippen LogP contribution in [0.4, 0.5) is 5.69 Å². The maximum absolute atomic E-state index is 12.5. The van der Waals surface area contributed by atoms with Crippen molar-refractivity contribution < 1.29 is 19.1 Å². The number of hydrazone groups is 1. The van der Waals surface area contributed by atoms with Crippen molar-refractivity contribution in [2.24, 2.45) is 5.10 Å². The Kier molecular flexibility index (Phi) is 9.03. The molecule has 2 N–H and O–H groups in total. The molecular formula is C33H32N4O4. The largest absolute Gasteiger partial charge is 0.497 e. The van der Waals surface area contributed by atoms with E-state index in [1.54, 1.807) is 61.9 Å². The summed E-state index contributed by atoms with van der Waals surface area (Å²) >= 11 is 0. The first-order valence-electron chi connectivity index (χ1n) is 13.4. The normalized spacial score (nSPS) is 12.9. The van der Waals surface area contributed by atoms with Gasteiger partial charge in [0, 0.05) is 30.9 Å². The van der Waals surface area contributed by atoms with Crippen LogP contribution in [0, 0.1) is 0 Å². The summed E-state index contributed by atoms with van der Waals surface area (Å²) in [5, 5.41) is 6.84. The van der Waals surface area contributed by atoms with Gasteiger partial charge in [-0.3, -0.25) is 14.5 Å². The molecule has 5 rings (SSSR count). The number of ether oxygens (including phenoxy) is 2. The Morgan fingerprint density at radius 2 is 1.59 bits per heavy atom. The van der Waals surface area contributed by atoms with Crippen LogP contribution >= 0.6 is 0 Å². The van der Waals surface area contributed by atoms with Crippen molar-refractivity contribution in [3.63, 3.8) is 0 Å². The van der Waals surface area contributed by atoms with E-state index in [2.05, 4.69) is 45.0 Å². The van der Waals surface area contributed by atoms with Gasteiger partial charge in [-0.15, -0.1) is 0 Å². The van der Waals surface area contributed by atoms with Crippen molar-refractivity contribution in [2.45, 2.75) is 19.5 Å². The Bertz CT molecular complexity index is 1500. The summed E-state index contributed by atoms with van der Waals surface area (Å²) in [5.74, 6) is 0.716. The molecule has 4 aromatic rings. The first-order chi connectivity index (χ1) is 20.1. The van der Waals surface area contributed by atoms with Gasteiger partial charge in [-0.2, -0.15) is 5.10 Å². The molecule has 0 saturated carbocycles. The zero-order chi connectivity index (χ0) is 28.4. The van der Waals surface area contributed by atoms with Crippen molar-refractivity contribution in [3.05, 3.63) is 125 Å². The molecule has 1 heterocycles. The number of amides is 2. The molecule has 0 spiro atoms. The van der Waals surface area contributed by atoms with Gasteiger partial charge in [0.2, 0.25) is 0 Å². The van der Waals surface area contributed by atoms with E-state index >= 15 is 0 Å². The Morgan fingerprint density at radius 3 is 2.32 bits per heavy atom. The van der Waals surface area contributed by atoms with Gasteiger partial charge in [-0.1, -0.05) is 36.4 Å². The average molecular weight is 549 g/mol. The Hall–Kier alpha value is -4.95. The second-order valence-electron chi connectivity index (χ2n) is 9.76. The maximum atomic E-state index is 12.5. The Balaban J connectivity index is 1.04. The van der Waals surface area contributed by atoms with Gasteiger partial charge < -0.3 is 14.8 Å². The van der Waals surface area contributed by atoms with Gasteiger partial charge in [-0.05, 0) is 89.3 Å². The first kappa shape index (κ1) is 27.6. The lowest BCUT2D eigenvalue weighted by Crippen LogP contribution is -2.30. The fourth-order valence-corrected chi connectivity index (χ4v) is 4.61. The van der Waals surface area contributed by atoms with Crippen LogP contribution in [-0.2, 0) is 24.3 Å². The molecule has 0 fully saturated rings. The van der Waals surface area contributed by atoms with Gasteiger partial charge in [0.05, 0.1) is 13.3 Å². The van der Waals surface area contributed by atoms with Gasteiger partial charge in [0.25, 0.3) is 11.8 Å². The third-order valence-corrected chi connectivity index (χ3v) is 6.84. The standard InChI is InChI=1S/C33H32N4O4/c1-40-30-16-12-29(13-17-30)35-32(38)23-41-31-14-8-24(9-15-31)20-34-36-33(39)27-10-6-25(7-11-27)21-37-19-18-26-4-2-3-5-28(26)22-37/h2-17,20H,18-19,21-23H2,1H3,(H,35,38)(H,36,39)/b34-20-. The molecule has 0 atom stereocenters. The van der Waals surface area contributed by atoms with Gasteiger partial charge >= 0.3 is 0 Å². The van der Waals surface area contributed by atoms with E-state index in [0.717, 1.165) is 31.6 Å². The third kappa shape index (κ3) is 7.80. The second kappa shape index (κ2) is 13.4. The number of fused-ring (bicyclic) bond motifs is 1. The minimum atomic E-state index is -0.275. The molecule has 0 unspecified atom stereocenters. The average Bonchev–Trinajstić information content (AvgIpc) is 3.01. The van der Waals surface area contributed by atoms with Crippen LogP contribution < -0.4 is 20.2 Å². The number of hydrogen-bond donors (Lipinski definition) is 2. The van der Waals surface area contributed by atoms with E-state index in [-0.39, 0.29) is 18.4 Å². The molecule has 1 aliphatic rings. The zero-order valence-corrected chi connectivity index (χ0v) is 22.9. The lowest BCUT2D eigenvalue weighted by molar-refractivity contribution is -0.118. The highest BCUT2D eigenvalue weighted by molar-refractivity contribution is 5.95. The molecule has 0 saturated heterocycles. The SMILES string of the molecule is COc1ccc(NC(=O)COc2ccc(/C=N\NC(=O)c3ccc(CN4CCc5ccccc5C4)cc3)cc2)cc1. The topological polar surface area (TPSA) is 92.3 Å². The van der Waals surface area contributed by atoms with Crippen LogP contribution in [0.3, 0.4) is 0 Å². The van der Waals surface area contributed by atoms with Crippen LogP contribution in [0.5, 0.6) is 11.5 Å². The van der Waals surface area contributed by atoms with Crippen molar-refractivity contribution in [1.82, 2.24) is 10.3 Å². The fraction of sp³-hybridized carbons (Fsp3) is 0.182. The van der Waals surface area contributed by atoms with Gasteiger partial charge in [-0.25, -0.2) is 5.43 Å². The van der Waals surface area contributed by atoms with Crippen LogP contribution in [0.2, 0.25) is 0 Å². The smallest absolute Gasteiger partial charge is 0.271 e. The van der Waals surface area contributed by atoms with Crippen molar-refractivity contribution in [3.8, 4) is 11.5 Å². The Labute approximate surface area is 239 Å². The van der Waals surface area contributed by atoms with E-state index in [4.69, 9.17) is 9.47 Å². The number of nitrogens with one attached hydrogen (secondary N) is 2. The molecule has 1 aliphatic heterocycles. The summed E-state index contributed by atoms with van der Waals surface area (Å²) in [6.45, 7) is 2.70. The van der Waals surface area contributed by atoms with E-state index in [9.17, 15) is 9.59 Å². The maximum Gasteiger partial charge on any atom is 0.271 e. The van der Waals surface area contributed by atoms with Gasteiger partial charge in [0.15, 0.2) is 6.61 Å². The molecule has 0 aliphatic carbocycles. The highest BCUT2D eigenvalue weighted by atomic mass is 16.5. The minimum absolute atomic E-state index is 0.125. The summed E-state index contributed by atoms with van der Waals surface area (Å²) < 4.78 is 10.7. The molecule has 0 bridgehead atoms. The van der Waals surface area contributed by atoms with Gasteiger partial charge in [0.1, 0.15) is 11.5 Å². The summed E-state index contributed by atoms with van der Waals surface area (Å²) in [6, 6.07) is 30.4. The van der Waals surface area contributed by atoms with E-state index < -0.39 is 0 Å². The quantitative estimate of drug-likeness (QED) is 0.214. The zero-order valence-electron chi connectivity index (χ0n) is 22.9. The molecule has 0 aromatic heterocycles. The highest BCUT2D eigenvalue weighted by Crippen LogP contribution is 2.20. The third-order valence-electron chi connectivity index (χ3n) is 6.84. The number of hydrogen-bond acceptors (Lipinski definition) is 6. The summed E-state index contributed by atoms with van der Waals surface area (Å²) in [5.41, 5.74) is 8.56. The number of benzene rings is 4. The molecule has 2 amide bonds. The first-order valence-corrected chi connectivity index (χ1v) is 13.4. The van der Waals surface area contributed by atoms with Crippen LogP contribution in [0.1, 0.15) is 32.6 Å². The number of anilines is 1. The molecule has 0 radical (unpaired) electrons. The number of rotatable bonds is 10. The lowest BCUT2D eigenvalue weighted by Gasteiger charge is -2.28. The van der Waals surface area contributed by atoms with E-state index in [0.29, 0.717) is 22.7 Å². The Morgan fingerprint density at radius 1 is 0.878 bits per heavy atom. The van der Waals surface area contributed by atoms with Crippen LogP contribution in [-0.4, -0.2) is 43.2 Å². The fourth-order valence-electron chi connectivity index (χ4n) is 4.61. The van der Waals surface area contributed by atoms with Crippen LogP contribution in [0.15, 0.2) is 102 Å². The predicted octanol–water partition coefficient (Wildman–Crippen LogP) is 5.03. The summed E-state index contributed by atoms with van der Waals surface area (Å²) in [7, 11) is 1.59. The predicted molar refractivity (Wildman–Crippen MR) is 159 cm³/mol. The minimum Gasteiger partial charge on any atom is -0.497 e. The molecule has 208 valence electrons. The van der Waals surface area contributed by atoms with Crippen molar-refractivity contribution >= 4 is 23.7 Å².